The third-order valence-electron chi connectivity index (χ3n) is 6.47. The average molecular weight is 462 g/mol. The Hall–Kier alpha value is -2.90. The second-order valence-electron chi connectivity index (χ2n) is 8.69. The molecular weight excluding hydrogens is 430 g/mol. The lowest BCUT2D eigenvalue weighted by atomic mass is 10.0. The molecule has 2 fully saturated rings. The first kappa shape index (κ1) is 21.9. The molecular formula is C26H31N5OS. The van der Waals surface area contributed by atoms with Gasteiger partial charge in [0.15, 0.2) is 5.11 Å². The van der Waals surface area contributed by atoms with E-state index >= 15 is 0 Å². The van der Waals surface area contributed by atoms with E-state index in [1.807, 2.05) is 24.4 Å². The summed E-state index contributed by atoms with van der Waals surface area (Å²) >= 11 is 5.83. The zero-order valence-corrected chi connectivity index (χ0v) is 19.6. The van der Waals surface area contributed by atoms with E-state index < -0.39 is 0 Å². The summed E-state index contributed by atoms with van der Waals surface area (Å²) in [5.41, 5.74) is 3.41. The van der Waals surface area contributed by atoms with E-state index in [9.17, 15) is 0 Å². The van der Waals surface area contributed by atoms with Gasteiger partial charge in [-0.2, -0.15) is 0 Å². The highest BCUT2D eigenvalue weighted by molar-refractivity contribution is 7.80. The number of para-hydroxylation sites is 1. The van der Waals surface area contributed by atoms with Gasteiger partial charge >= 0.3 is 0 Å². The van der Waals surface area contributed by atoms with Crippen LogP contribution in [0, 0.1) is 0 Å². The second kappa shape index (κ2) is 10.4. The highest BCUT2D eigenvalue weighted by Gasteiger charge is 2.41. The van der Waals surface area contributed by atoms with Gasteiger partial charge in [-0.15, -0.1) is 0 Å². The van der Waals surface area contributed by atoms with Crippen molar-refractivity contribution in [3.63, 3.8) is 0 Å². The van der Waals surface area contributed by atoms with Crippen LogP contribution in [0.25, 0.3) is 0 Å². The number of hydrogen-bond acceptors (Lipinski definition) is 4. The molecule has 2 saturated heterocycles. The first-order chi connectivity index (χ1) is 16.3. The van der Waals surface area contributed by atoms with Gasteiger partial charge in [0.25, 0.3) is 0 Å². The molecule has 2 aliphatic rings. The van der Waals surface area contributed by atoms with Crippen molar-refractivity contribution in [3.05, 3.63) is 84.4 Å². The lowest BCUT2D eigenvalue weighted by molar-refractivity contribution is 0.0953. The molecule has 0 aliphatic carbocycles. The lowest BCUT2D eigenvalue weighted by Crippen LogP contribution is -2.32. The third-order valence-corrected chi connectivity index (χ3v) is 6.82. The van der Waals surface area contributed by atoms with E-state index in [-0.39, 0.29) is 18.2 Å². The Morgan fingerprint density at radius 2 is 1.97 bits per heavy atom. The first-order valence-electron chi connectivity index (χ1n) is 11.8. The molecule has 5 rings (SSSR count). The Morgan fingerprint density at radius 1 is 1.09 bits per heavy atom. The van der Waals surface area contributed by atoms with Gasteiger partial charge in [0.1, 0.15) is 0 Å². The van der Waals surface area contributed by atoms with Crippen molar-refractivity contribution in [2.24, 2.45) is 0 Å². The predicted molar refractivity (Wildman–Crippen MR) is 135 cm³/mol. The van der Waals surface area contributed by atoms with Crippen LogP contribution < -0.4 is 10.6 Å². The van der Waals surface area contributed by atoms with Gasteiger partial charge in [-0.1, -0.05) is 24.3 Å². The maximum Gasteiger partial charge on any atom is 0.170 e. The minimum atomic E-state index is 0.0129. The van der Waals surface area contributed by atoms with Gasteiger partial charge in [-0.3, -0.25) is 4.98 Å². The summed E-state index contributed by atoms with van der Waals surface area (Å²) in [6.45, 7) is 3.50. The van der Waals surface area contributed by atoms with Crippen molar-refractivity contribution in [1.29, 1.82) is 0 Å². The van der Waals surface area contributed by atoms with Crippen LogP contribution in [0.15, 0.2) is 73.1 Å². The monoisotopic (exact) mass is 461 g/mol. The highest BCUT2D eigenvalue weighted by Crippen LogP contribution is 2.39. The normalized spacial score (nSPS) is 22.5. The quantitative estimate of drug-likeness (QED) is 0.361. The van der Waals surface area contributed by atoms with E-state index in [0.717, 1.165) is 62.0 Å². The van der Waals surface area contributed by atoms with Crippen molar-refractivity contribution in [2.45, 2.75) is 44.0 Å². The molecule has 4 heterocycles. The summed E-state index contributed by atoms with van der Waals surface area (Å²) in [5, 5.41) is 7.87. The summed E-state index contributed by atoms with van der Waals surface area (Å²) in [4.78, 5) is 7.00. The number of benzene rings is 1. The van der Waals surface area contributed by atoms with Crippen LogP contribution in [-0.2, 0) is 11.3 Å². The van der Waals surface area contributed by atoms with E-state index in [1.54, 1.807) is 0 Å². The molecule has 0 unspecified atom stereocenters. The van der Waals surface area contributed by atoms with E-state index in [4.69, 9.17) is 17.0 Å². The fourth-order valence-corrected chi connectivity index (χ4v) is 5.21. The van der Waals surface area contributed by atoms with Gasteiger partial charge in [-0.05, 0) is 67.9 Å². The number of nitrogens with one attached hydrogen (secondary N) is 2. The molecule has 172 valence electrons. The van der Waals surface area contributed by atoms with Crippen LogP contribution in [-0.4, -0.2) is 45.4 Å². The SMILES string of the molecule is S=C1N[C@H](c2ccccn2)[C@@H](c2cccn2C[C@H]2CCCO2)N1CCCNc1ccccc1. The van der Waals surface area contributed by atoms with Gasteiger partial charge in [0, 0.05) is 50.0 Å². The molecule has 0 bridgehead atoms. The Balaban J connectivity index is 1.35. The maximum absolute atomic E-state index is 5.93. The zero-order valence-electron chi connectivity index (χ0n) is 18.8. The molecule has 7 heteroatoms. The molecule has 0 amide bonds. The van der Waals surface area contributed by atoms with Crippen molar-refractivity contribution in [2.75, 3.05) is 25.0 Å². The van der Waals surface area contributed by atoms with Gasteiger partial charge in [-0.25, -0.2) is 0 Å². The van der Waals surface area contributed by atoms with Crippen LogP contribution in [0.3, 0.4) is 0 Å². The number of hydrogen-bond donors (Lipinski definition) is 2. The molecule has 0 spiro atoms. The first-order valence-corrected chi connectivity index (χ1v) is 12.2. The molecule has 3 aromatic rings. The number of nitrogens with zero attached hydrogens (tertiary/aromatic N) is 3. The highest BCUT2D eigenvalue weighted by atomic mass is 32.1. The molecule has 3 atom stereocenters. The molecule has 2 aliphatic heterocycles. The van der Waals surface area contributed by atoms with Gasteiger partial charge < -0.3 is 24.8 Å². The van der Waals surface area contributed by atoms with Gasteiger partial charge in [0.2, 0.25) is 0 Å². The van der Waals surface area contributed by atoms with Crippen molar-refractivity contribution in [3.8, 4) is 0 Å². The van der Waals surface area contributed by atoms with E-state index in [2.05, 4.69) is 73.7 Å². The summed E-state index contributed by atoms with van der Waals surface area (Å²) in [7, 11) is 0. The number of anilines is 1. The predicted octanol–water partition coefficient (Wildman–Crippen LogP) is 4.54. The Labute approximate surface area is 201 Å². The fraction of sp³-hybridized carbons (Fsp3) is 0.385. The van der Waals surface area contributed by atoms with Crippen LogP contribution >= 0.6 is 12.2 Å². The smallest absolute Gasteiger partial charge is 0.170 e. The Bertz CT molecular complexity index is 1040. The largest absolute Gasteiger partial charge is 0.385 e. The number of aromatic nitrogens is 2. The Morgan fingerprint density at radius 3 is 2.76 bits per heavy atom. The van der Waals surface area contributed by atoms with Crippen LogP contribution in [0.4, 0.5) is 5.69 Å². The third kappa shape index (κ3) is 5.04. The topological polar surface area (TPSA) is 54.4 Å². The summed E-state index contributed by atoms with van der Waals surface area (Å²) in [6.07, 6.45) is 7.56. The molecule has 33 heavy (non-hydrogen) atoms. The minimum Gasteiger partial charge on any atom is -0.385 e. The number of ether oxygens (including phenoxy) is 1. The molecule has 2 aromatic heterocycles. The standard InChI is InChI=1S/C26H31N5OS/c33-26-29-24(22-12-4-5-14-28-22)25(23-13-6-16-30(23)19-21-11-7-18-32-21)31(26)17-8-15-27-20-9-2-1-3-10-20/h1-6,9-10,12-14,16,21,24-25,27H,7-8,11,15,17-19H2,(H,29,33)/t21-,24-,25-/m1/s1. The molecule has 0 saturated carbocycles. The van der Waals surface area contributed by atoms with Gasteiger partial charge in [0.05, 0.1) is 23.9 Å². The summed E-state index contributed by atoms with van der Waals surface area (Å²) < 4.78 is 8.28. The number of thiocarbonyl (C=S) groups is 1. The lowest BCUT2D eigenvalue weighted by Gasteiger charge is -2.29. The van der Waals surface area contributed by atoms with Crippen LogP contribution in [0.5, 0.6) is 0 Å². The molecule has 1 aromatic carbocycles. The second-order valence-corrected chi connectivity index (χ2v) is 9.07. The number of pyridine rings is 1. The van der Waals surface area contributed by atoms with E-state index in [0.29, 0.717) is 0 Å². The fourth-order valence-electron chi connectivity index (χ4n) is 4.88. The van der Waals surface area contributed by atoms with Crippen molar-refractivity contribution >= 4 is 23.0 Å². The van der Waals surface area contributed by atoms with Crippen LogP contribution in [0.1, 0.15) is 42.7 Å². The van der Waals surface area contributed by atoms with Crippen molar-refractivity contribution < 1.29 is 4.74 Å². The number of rotatable bonds is 9. The van der Waals surface area contributed by atoms with Crippen LogP contribution in [0.2, 0.25) is 0 Å². The average Bonchev–Trinajstić information content (AvgIpc) is 3.59. The zero-order chi connectivity index (χ0) is 22.5. The van der Waals surface area contributed by atoms with Crippen molar-refractivity contribution in [1.82, 2.24) is 19.8 Å². The van der Waals surface area contributed by atoms with E-state index in [1.165, 1.54) is 5.69 Å². The Kier molecular flexibility index (Phi) is 6.88. The molecule has 0 radical (unpaired) electrons. The molecule has 6 nitrogen and oxygen atoms in total. The summed E-state index contributed by atoms with van der Waals surface area (Å²) in [6, 6.07) is 20.9. The maximum atomic E-state index is 5.93. The molecule has 2 N–H and O–H groups in total. The minimum absolute atomic E-state index is 0.0129. The summed E-state index contributed by atoms with van der Waals surface area (Å²) in [5.74, 6) is 0.